The molecule has 0 atom stereocenters. The van der Waals surface area contributed by atoms with E-state index >= 15 is 0 Å². The summed E-state index contributed by atoms with van der Waals surface area (Å²) in [5.74, 6) is -0.298. The fourth-order valence-corrected chi connectivity index (χ4v) is 3.79. The summed E-state index contributed by atoms with van der Waals surface area (Å²) in [6.07, 6.45) is 5.72. The van der Waals surface area contributed by atoms with Gasteiger partial charge in [-0.2, -0.15) is 0 Å². The molecule has 1 saturated carbocycles. The number of hydrogen-bond acceptors (Lipinski definition) is 4. The van der Waals surface area contributed by atoms with Crippen molar-refractivity contribution < 1.29 is 19.1 Å². The molecule has 2 N–H and O–H groups in total. The summed E-state index contributed by atoms with van der Waals surface area (Å²) in [6.45, 7) is 1.97. The van der Waals surface area contributed by atoms with E-state index in [9.17, 15) is 14.7 Å². The molecule has 0 unspecified atom stereocenters. The lowest BCUT2D eigenvalue weighted by molar-refractivity contribution is -0.140. The van der Waals surface area contributed by atoms with Crippen LogP contribution in [-0.2, 0) is 16.0 Å². The highest BCUT2D eigenvalue weighted by Gasteiger charge is 2.36. The second-order valence-corrected chi connectivity index (χ2v) is 7.00. The van der Waals surface area contributed by atoms with Gasteiger partial charge in [0.05, 0.1) is 6.42 Å². The van der Waals surface area contributed by atoms with Crippen molar-refractivity contribution >= 4 is 28.7 Å². The summed E-state index contributed by atoms with van der Waals surface area (Å²) in [5.41, 5.74) is 1.66. The van der Waals surface area contributed by atoms with Crippen LogP contribution in [0.5, 0.6) is 0 Å². The number of benzene rings is 1. The second kappa shape index (κ2) is 7.25. The Labute approximate surface area is 146 Å². The maximum atomic E-state index is 12.5. The number of carboxylic acid groups (broad SMARTS) is 1. The molecule has 0 radical (unpaired) electrons. The summed E-state index contributed by atoms with van der Waals surface area (Å²) in [6, 6.07) is 5.38. The van der Waals surface area contributed by atoms with E-state index in [1.165, 1.54) is 0 Å². The number of amides is 1. The fraction of sp³-hybridized carbons (Fsp3) is 0.526. The molecule has 0 spiro atoms. The lowest BCUT2D eigenvalue weighted by Crippen LogP contribution is -2.32. The van der Waals surface area contributed by atoms with E-state index in [1.54, 1.807) is 18.2 Å². The van der Waals surface area contributed by atoms with E-state index in [0.717, 1.165) is 32.1 Å². The Morgan fingerprint density at radius 2 is 2.00 bits per heavy atom. The first-order valence-electron chi connectivity index (χ1n) is 8.91. The van der Waals surface area contributed by atoms with E-state index in [2.05, 4.69) is 10.3 Å². The van der Waals surface area contributed by atoms with Gasteiger partial charge in [0.2, 0.25) is 5.91 Å². The topological polar surface area (TPSA) is 92.4 Å². The zero-order valence-electron chi connectivity index (χ0n) is 14.5. The van der Waals surface area contributed by atoms with Crippen molar-refractivity contribution in [1.82, 2.24) is 4.98 Å². The molecule has 2 aromatic rings. The van der Waals surface area contributed by atoms with E-state index in [-0.39, 0.29) is 18.7 Å². The van der Waals surface area contributed by atoms with Crippen LogP contribution < -0.4 is 5.32 Å². The molecule has 1 aliphatic rings. The highest BCUT2D eigenvalue weighted by Crippen LogP contribution is 2.42. The van der Waals surface area contributed by atoms with Crippen LogP contribution in [0.2, 0.25) is 0 Å². The van der Waals surface area contributed by atoms with Crippen molar-refractivity contribution in [2.24, 2.45) is 5.41 Å². The fourth-order valence-electron chi connectivity index (χ4n) is 3.79. The summed E-state index contributed by atoms with van der Waals surface area (Å²) in [7, 11) is 0. The molecule has 134 valence electrons. The Morgan fingerprint density at radius 3 is 2.68 bits per heavy atom. The van der Waals surface area contributed by atoms with Gasteiger partial charge in [0.25, 0.3) is 0 Å². The number of nitrogens with zero attached hydrogens (tertiary/aromatic N) is 1. The van der Waals surface area contributed by atoms with Crippen LogP contribution >= 0.6 is 0 Å². The smallest absolute Gasteiger partial charge is 0.303 e. The summed E-state index contributed by atoms with van der Waals surface area (Å²) in [5, 5.41) is 12.1. The van der Waals surface area contributed by atoms with Gasteiger partial charge in [0.1, 0.15) is 5.52 Å². The summed E-state index contributed by atoms with van der Waals surface area (Å²) >= 11 is 0. The molecule has 6 heteroatoms. The lowest BCUT2D eigenvalue weighted by atomic mass is 9.69. The van der Waals surface area contributed by atoms with E-state index < -0.39 is 11.4 Å². The number of fused-ring (bicyclic) bond motifs is 1. The van der Waals surface area contributed by atoms with Gasteiger partial charge >= 0.3 is 5.97 Å². The average Bonchev–Trinajstić information content (AvgIpc) is 2.97. The van der Waals surface area contributed by atoms with Gasteiger partial charge in [-0.3, -0.25) is 9.59 Å². The molecule has 1 aliphatic carbocycles. The van der Waals surface area contributed by atoms with Crippen molar-refractivity contribution in [3.8, 4) is 0 Å². The number of aromatic nitrogens is 1. The predicted octanol–water partition coefficient (Wildman–Crippen LogP) is 4.14. The zero-order chi connectivity index (χ0) is 17.9. The maximum Gasteiger partial charge on any atom is 0.303 e. The van der Waals surface area contributed by atoms with Crippen molar-refractivity contribution in [1.29, 1.82) is 0 Å². The Morgan fingerprint density at radius 1 is 1.24 bits per heavy atom. The van der Waals surface area contributed by atoms with Gasteiger partial charge in [-0.25, -0.2) is 4.98 Å². The number of carbonyl (C=O) groups is 2. The molecule has 0 saturated heterocycles. The van der Waals surface area contributed by atoms with Crippen LogP contribution in [0.1, 0.15) is 57.8 Å². The van der Waals surface area contributed by atoms with E-state index in [4.69, 9.17) is 4.42 Å². The number of nitrogens with one attached hydrogen (secondary N) is 1. The zero-order valence-corrected chi connectivity index (χ0v) is 14.5. The van der Waals surface area contributed by atoms with Crippen molar-refractivity contribution in [2.75, 3.05) is 5.32 Å². The predicted molar refractivity (Wildman–Crippen MR) is 94.4 cm³/mol. The first-order valence-corrected chi connectivity index (χ1v) is 8.91. The molecule has 3 rings (SSSR count). The van der Waals surface area contributed by atoms with Crippen LogP contribution in [0, 0.1) is 5.41 Å². The summed E-state index contributed by atoms with van der Waals surface area (Å²) in [4.78, 5) is 28.1. The van der Waals surface area contributed by atoms with Gasteiger partial charge in [-0.15, -0.1) is 0 Å². The molecule has 1 aromatic carbocycles. The van der Waals surface area contributed by atoms with Crippen molar-refractivity contribution in [2.45, 2.75) is 58.3 Å². The Bertz CT molecular complexity index is 775. The quantitative estimate of drug-likeness (QED) is 0.821. The van der Waals surface area contributed by atoms with Crippen molar-refractivity contribution in [3.63, 3.8) is 0 Å². The molecule has 1 heterocycles. The van der Waals surface area contributed by atoms with Gasteiger partial charge in [0, 0.05) is 18.5 Å². The number of carbonyl (C=O) groups excluding carboxylic acids is 1. The number of aliphatic carboxylic acids is 1. The molecule has 1 fully saturated rings. The number of carboxylic acids is 1. The number of hydrogen-bond donors (Lipinski definition) is 2. The average molecular weight is 344 g/mol. The SMILES string of the molecule is CCc1nc2cc(NC(=O)CC3(CC(=O)O)CCCCC3)ccc2o1. The van der Waals surface area contributed by atoms with E-state index in [1.807, 2.05) is 6.92 Å². The first kappa shape index (κ1) is 17.5. The van der Waals surface area contributed by atoms with Crippen LogP contribution in [0.3, 0.4) is 0 Å². The highest BCUT2D eigenvalue weighted by atomic mass is 16.4. The Kier molecular flexibility index (Phi) is 5.06. The number of aryl methyl sites for hydroxylation is 1. The number of oxazole rings is 1. The third-order valence-corrected chi connectivity index (χ3v) is 4.99. The molecule has 1 amide bonds. The molecular formula is C19H24N2O4. The highest BCUT2D eigenvalue weighted by molar-refractivity contribution is 5.93. The van der Waals surface area contributed by atoms with Crippen molar-refractivity contribution in [3.05, 3.63) is 24.1 Å². The van der Waals surface area contributed by atoms with Crippen LogP contribution in [0.4, 0.5) is 5.69 Å². The van der Waals surface area contributed by atoms with Gasteiger partial charge < -0.3 is 14.8 Å². The molecule has 0 bridgehead atoms. The number of anilines is 1. The van der Waals surface area contributed by atoms with Gasteiger partial charge in [-0.05, 0) is 36.5 Å². The van der Waals surface area contributed by atoms with Gasteiger partial charge in [0.15, 0.2) is 11.5 Å². The lowest BCUT2D eigenvalue weighted by Gasteiger charge is -2.35. The first-order chi connectivity index (χ1) is 12.0. The minimum Gasteiger partial charge on any atom is -0.481 e. The molecule has 0 aliphatic heterocycles. The van der Waals surface area contributed by atoms with E-state index in [0.29, 0.717) is 29.1 Å². The standard InChI is InChI=1S/C19H24N2O4/c1-2-17-21-14-10-13(6-7-15(14)25-17)20-16(22)11-19(12-18(23)24)8-4-3-5-9-19/h6-7,10H,2-5,8-9,11-12H2,1H3,(H,20,22)(H,23,24). The molecule has 1 aromatic heterocycles. The molecular weight excluding hydrogens is 320 g/mol. The monoisotopic (exact) mass is 344 g/mol. The summed E-state index contributed by atoms with van der Waals surface area (Å²) < 4.78 is 5.57. The molecule has 25 heavy (non-hydrogen) atoms. The normalized spacial score (nSPS) is 16.7. The Hall–Kier alpha value is -2.37. The minimum atomic E-state index is -0.828. The van der Waals surface area contributed by atoms with Gasteiger partial charge in [-0.1, -0.05) is 26.2 Å². The minimum absolute atomic E-state index is 0.0581. The van der Waals surface area contributed by atoms with Crippen LogP contribution in [0.15, 0.2) is 22.6 Å². The Balaban J connectivity index is 1.71. The third kappa shape index (κ3) is 4.18. The molecule has 6 nitrogen and oxygen atoms in total. The maximum absolute atomic E-state index is 12.5. The number of rotatable bonds is 6. The third-order valence-electron chi connectivity index (χ3n) is 4.99. The van der Waals surface area contributed by atoms with Crippen LogP contribution in [0.25, 0.3) is 11.1 Å². The second-order valence-electron chi connectivity index (χ2n) is 7.00. The largest absolute Gasteiger partial charge is 0.481 e. The van der Waals surface area contributed by atoms with Crippen LogP contribution in [-0.4, -0.2) is 22.0 Å².